The minimum atomic E-state index is -5.08. The molecular weight excluding hydrogens is 619 g/mol. The zero-order chi connectivity index (χ0) is 32.7. The van der Waals surface area contributed by atoms with Gasteiger partial charge >= 0.3 is 18.5 Å². The summed E-state index contributed by atoms with van der Waals surface area (Å²) in [6.07, 6.45) is -11.2. The number of aromatic nitrogens is 6. The molecule has 0 N–H and O–H groups in total. The second-order valence-electron chi connectivity index (χ2n) is 10.6. The first-order chi connectivity index (χ1) is 21.0. The van der Waals surface area contributed by atoms with Gasteiger partial charge in [-0.05, 0) is 72.5 Å². The van der Waals surface area contributed by atoms with E-state index < -0.39 is 47.8 Å². The molecular formula is C28H25F9N8. The molecule has 0 bridgehead atoms. The second kappa shape index (κ2) is 11.8. The number of anilines is 2. The summed E-state index contributed by atoms with van der Waals surface area (Å²) >= 11 is 0. The fourth-order valence-corrected chi connectivity index (χ4v) is 5.32. The highest BCUT2D eigenvalue weighted by Crippen LogP contribution is 2.43. The fourth-order valence-electron chi connectivity index (χ4n) is 5.32. The summed E-state index contributed by atoms with van der Waals surface area (Å²) in [6.45, 7) is 1.09. The molecule has 240 valence electrons. The molecule has 0 radical (unpaired) electrons. The molecule has 0 spiro atoms. The summed E-state index contributed by atoms with van der Waals surface area (Å²) in [7, 11) is 1.41. The SMILES string of the molecule is Cc1nc2c(cc1C(F)(F)F)N(Cc1ccncc1)CCCC2N(Cc1cc(C(F)(F)F)cc(C(F)(F)F)c1)c1nnn(C)n1. The Morgan fingerprint density at radius 2 is 1.51 bits per heavy atom. The Morgan fingerprint density at radius 1 is 0.867 bits per heavy atom. The zero-order valence-electron chi connectivity index (χ0n) is 23.7. The van der Waals surface area contributed by atoms with Crippen LogP contribution in [0.2, 0.25) is 0 Å². The number of benzene rings is 1. The first kappa shape index (κ1) is 32.0. The lowest BCUT2D eigenvalue weighted by atomic mass is 10.0. The molecule has 1 unspecified atom stereocenters. The van der Waals surface area contributed by atoms with Crippen LogP contribution in [0.1, 0.15) is 58.1 Å². The van der Waals surface area contributed by atoms with Crippen LogP contribution in [0.5, 0.6) is 0 Å². The van der Waals surface area contributed by atoms with Crippen LogP contribution >= 0.6 is 0 Å². The maximum Gasteiger partial charge on any atom is 0.418 e. The van der Waals surface area contributed by atoms with Crippen LogP contribution in [0.15, 0.2) is 48.8 Å². The van der Waals surface area contributed by atoms with E-state index in [2.05, 4.69) is 25.4 Å². The Bertz CT molecular complexity index is 1620. The van der Waals surface area contributed by atoms with Crippen LogP contribution in [-0.4, -0.2) is 36.7 Å². The Morgan fingerprint density at radius 3 is 2.07 bits per heavy atom. The number of hydrogen-bond donors (Lipinski definition) is 0. The predicted octanol–water partition coefficient (Wildman–Crippen LogP) is 6.91. The highest BCUT2D eigenvalue weighted by Gasteiger charge is 2.40. The highest BCUT2D eigenvalue weighted by atomic mass is 19.4. The van der Waals surface area contributed by atoms with Gasteiger partial charge < -0.3 is 9.80 Å². The van der Waals surface area contributed by atoms with Gasteiger partial charge in [0.1, 0.15) is 0 Å². The van der Waals surface area contributed by atoms with Gasteiger partial charge in [-0.15, -0.1) is 5.10 Å². The number of pyridine rings is 2. The van der Waals surface area contributed by atoms with E-state index in [1.165, 1.54) is 31.3 Å². The largest absolute Gasteiger partial charge is 0.418 e. The van der Waals surface area contributed by atoms with Crippen molar-refractivity contribution in [1.29, 1.82) is 0 Å². The molecule has 0 saturated heterocycles. The molecule has 45 heavy (non-hydrogen) atoms. The molecule has 0 aliphatic carbocycles. The van der Waals surface area contributed by atoms with Crippen molar-refractivity contribution in [3.63, 3.8) is 0 Å². The van der Waals surface area contributed by atoms with Crippen LogP contribution in [0.4, 0.5) is 51.1 Å². The summed E-state index contributed by atoms with van der Waals surface area (Å²) in [5.74, 6) is -0.152. The molecule has 0 saturated carbocycles. The quantitative estimate of drug-likeness (QED) is 0.211. The van der Waals surface area contributed by atoms with Crippen molar-refractivity contribution >= 4 is 11.6 Å². The lowest BCUT2D eigenvalue weighted by Gasteiger charge is -2.32. The topological polar surface area (TPSA) is 75.9 Å². The number of rotatable bonds is 6. The molecule has 3 aromatic heterocycles. The summed E-state index contributed by atoms with van der Waals surface area (Å²) in [6, 6.07) is 4.65. The molecule has 1 aliphatic heterocycles. The average molecular weight is 645 g/mol. The van der Waals surface area contributed by atoms with Crippen molar-refractivity contribution in [3.8, 4) is 0 Å². The van der Waals surface area contributed by atoms with Crippen LogP contribution in [0, 0.1) is 6.92 Å². The van der Waals surface area contributed by atoms with Gasteiger partial charge in [0.15, 0.2) is 0 Å². The molecule has 0 fully saturated rings. The van der Waals surface area contributed by atoms with E-state index >= 15 is 0 Å². The van der Waals surface area contributed by atoms with Gasteiger partial charge in [-0.2, -0.15) is 44.3 Å². The summed E-state index contributed by atoms with van der Waals surface area (Å²) < 4.78 is 124. The number of halogens is 9. The molecule has 17 heteroatoms. The van der Waals surface area contributed by atoms with E-state index in [1.807, 2.05) is 0 Å². The molecule has 4 heterocycles. The van der Waals surface area contributed by atoms with E-state index in [-0.39, 0.29) is 54.2 Å². The average Bonchev–Trinajstić information content (AvgIpc) is 3.30. The third-order valence-corrected chi connectivity index (χ3v) is 7.34. The minimum absolute atomic E-state index is 0.0237. The first-order valence-electron chi connectivity index (χ1n) is 13.5. The van der Waals surface area contributed by atoms with Crippen LogP contribution in [0.25, 0.3) is 0 Å². The van der Waals surface area contributed by atoms with Gasteiger partial charge in [-0.3, -0.25) is 9.97 Å². The highest BCUT2D eigenvalue weighted by molar-refractivity contribution is 5.58. The van der Waals surface area contributed by atoms with Gasteiger partial charge in [-0.25, -0.2) is 0 Å². The molecule has 0 amide bonds. The first-order valence-corrected chi connectivity index (χ1v) is 13.5. The second-order valence-corrected chi connectivity index (χ2v) is 10.6. The van der Waals surface area contributed by atoms with Crippen molar-refractivity contribution in [1.82, 2.24) is 30.2 Å². The van der Waals surface area contributed by atoms with Crippen molar-refractivity contribution in [3.05, 3.63) is 88.0 Å². The predicted molar refractivity (Wildman–Crippen MR) is 143 cm³/mol. The number of alkyl halides is 9. The molecule has 4 aromatic rings. The Kier molecular flexibility index (Phi) is 8.39. The van der Waals surface area contributed by atoms with E-state index in [0.29, 0.717) is 18.6 Å². The minimum Gasteiger partial charge on any atom is -0.366 e. The molecule has 1 aromatic carbocycles. The van der Waals surface area contributed by atoms with Crippen molar-refractivity contribution < 1.29 is 39.5 Å². The van der Waals surface area contributed by atoms with Gasteiger partial charge in [0.05, 0.1) is 46.9 Å². The van der Waals surface area contributed by atoms with Gasteiger partial charge in [0.25, 0.3) is 5.95 Å². The lowest BCUT2D eigenvalue weighted by Crippen LogP contribution is -2.31. The number of nitrogens with zero attached hydrogens (tertiary/aromatic N) is 8. The van der Waals surface area contributed by atoms with Crippen molar-refractivity contribution in [2.75, 3.05) is 16.3 Å². The normalized spacial score (nSPS) is 16.0. The third kappa shape index (κ3) is 7.12. The number of tetrazole rings is 1. The molecule has 5 rings (SSSR count). The summed E-state index contributed by atoms with van der Waals surface area (Å²) in [5, 5.41) is 11.9. The lowest BCUT2D eigenvalue weighted by molar-refractivity contribution is -0.143. The number of fused-ring (bicyclic) bond motifs is 1. The summed E-state index contributed by atoms with van der Waals surface area (Å²) in [5.41, 5.74) is -3.70. The third-order valence-electron chi connectivity index (χ3n) is 7.34. The van der Waals surface area contributed by atoms with Crippen molar-refractivity contribution in [2.24, 2.45) is 7.05 Å². The summed E-state index contributed by atoms with van der Waals surface area (Å²) in [4.78, 5) is 12.4. The van der Waals surface area contributed by atoms with Gasteiger partial charge in [-0.1, -0.05) is 5.10 Å². The monoisotopic (exact) mass is 644 g/mol. The van der Waals surface area contributed by atoms with E-state index in [1.54, 1.807) is 17.0 Å². The van der Waals surface area contributed by atoms with Gasteiger partial charge in [0, 0.05) is 32.0 Å². The molecule has 1 atom stereocenters. The van der Waals surface area contributed by atoms with Crippen molar-refractivity contribution in [2.45, 2.75) is 57.4 Å². The van der Waals surface area contributed by atoms with E-state index in [4.69, 9.17) is 0 Å². The maximum absolute atomic E-state index is 14.1. The standard InChI is InChI=1S/C28H25F9N8/c1-16-21(28(35,36)37)13-23-24(39-16)22(4-3-9-44(23)14-17-5-7-38-8-6-17)45(25-40-42-43(2)41-25)15-18-10-19(26(29,30)31)12-20(11-18)27(32,33)34/h5-8,10-13,22H,3-4,9,14-15H2,1-2H3. The van der Waals surface area contributed by atoms with Crippen LogP contribution in [-0.2, 0) is 38.7 Å². The van der Waals surface area contributed by atoms with E-state index in [9.17, 15) is 39.5 Å². The maximum atomic E-state index is 14.1. The smallest absolute Gasteiger partial charge is 0.366 e. The fraction of sp³-hybridized carbons (Fsp3) is 0.393. The zero-order valence-corrected chi connectivity index (χ0v) is 23.7. The Hall–Kier alpha value is -4.44. The Labute approximate surface area is 250 Å². The van der Waals surface area contributed by atoms with Crippen LogP contribution in [0.3, 0.4) is 0 Å². The van der Waals surface area contributed by atoms with Gasteiger partial charge in [0.2, 0.25) is 0 Å². The van der Waals surface area contributed by atoms with Crippen LogP contribution < -0.4 is 9.80 Å². The van der Waals surface area contributed by atoms with E-state index in [0.717, 1.165) is 16.4 Å². The number of hydrogen-bond acceptors (Lipinski definition) is 7. The number of aryl methyl sites for hydroxylation is 2. The molecule has 1 aliphatic rings. The molecule has 8 nitrogen and oxygen atoms in total. The Balaban J connectivity index is 1.67.